The Morgan fingerprint density at radius 2 is 1.68 bits per heavy atom. The molecule has 0 unspecified atom stereocenters. The van der Waals surface area contributed by atoms with Crippen LogP contribution in [0.3, 0.4) is 0 Å². The first-order valence-electron chi connectivity index (χ1n) is 5.97. The Morgan fingerprint density at radius 3 is 2.37 bits per heavy atom. The fourth-order valence-electron chi connectivity index (χ4n) is 1.61. The molecular formula is C15H15FN2O. The highest BCUT2D eigenvalue weighted by Gasteiger charge is 1.97. The van der Waals surface area contributed by atoms with Gasteiger partial charge in [-0.15, -0.1) is 0 Å². The van der Waals surface area contributed by atoms with Crippen LogP contribution in [-0.2, 0) is 17.9 Å². The third kappa shape index (κ3) is 4.43. The van der Waals surface area contributed by atoms with Crippen LogP contribution in [0.2, 0.25) is 0 Å². The molecule has 0 aliphatic heterocycles. The van der Waals surface area contributed by atoms with E-state index in [0.717, 1.165) is 11.1 Å². The van der Waals surface area contributed by atoms with Crippen LogP contribution in [0.4, 0.5) is 4.39 Å². The van der Waals surface area contributed by atoms with Crippen molar-refractivity contribution in [3.05, 3.63) is 71.5 Å². The van der Waals surface area contributed by atoms with Crippen LogP contribution in [0.15, 0.2) is 59.8 Å². The number of nitrogens with two attached hydrogens (primary N) is 1. The normalized spacial score (nSPS) is 11.3. The van der Waals surface area contributed by atoms with E-state index in [1.807, 2.05) is 30.3 Å². The highest BCUT2D eigenvalue weighted by molar-refractivity contribution is 5.82. The second-order valence-electron chi connectivity index (χ2n) is 4.14. The van der Waals surface area contributed by atoms with Crippen molar-refractivity contribution in [3.8, 4) is 0 Å². The van der Waals surface area contributed by atoms with E-state index in [4.69, 9.17) is 10.6 Å². The third-order valence-electron chi connectivity index (χ3n) is 2.55. The molecule has 3 nitrogen and oxygen atoms in total. The first-order valence-corrected chi connectivity index (χ1v) is 5.97. The van der Waals surface area contributed by atoms with Gasteiger partial charge in [-0.3, -0.25) is 0 Å². The number of hydrogen-bond acceptors (Lipinski definition) is 2. The van der Waals surface area contributed by atoms with Crippen molar-refractivity contribution in [1.29, 1.82) is 0 Å². The molecule has 0 saturated carbocycles. The summed E-state index contributed by atoms with van der Waals surface area (Å²) in [6, 6.07) is 15.9. The monoisotopic (exact) mass is 258 g/mol. The van der Waals surface area contributed by atoms with Crippen molar-refractivity contribution in [2.75, 3.05) is 0 Å². The minimum absolute atomic E-state index is 0.268. The van der Waals surface area contributed by atoms with Gasteiger partial charge in [-0.25, -0.2) is 4.39 Å². The molecule has 0 saturated heterocycles. The van der Waals surface area contributed by atoms with Gasteiger partial charge in [0.2, 0.25) is 0 Å². The van der Waals surface area contributed by atoms with Gasteiger partial charge in [0.15, 0.2) is 0 Å². The molecule has 4 heteroatoms. The van der Waals surface area contributed by atoms with Crippen molar-refractivity contribution >= 4 is 5.84 Å². The summed E-state index contributed by atoms with van der Waals surface area (Å²) in [5.41, 5.74) is 7.68. The number of benzene rings is 2. The molecule has 0 heterocycles. The molecule has 0 radical (unpaired) electrons. The summed E-state index contributed by atoms with van der Waals surface area (Å²) in [6.45, 7) is 0.274. The highest BCUT2D eigenvalue weighted by atomic mass is 19.1. The SMILES string of the molecule is N/C(Cc1ccccc1)=N/OCc1ccc(F)cc1. The van der Waals surface area contributed by atoms with Gasteiger partial charge in [0, 0.05) is 6.42 Å². The number of halogens is 1. The summed E-state index contributed by atoms with van der Waals surface area (Å²) in [6.07, 6.45) is 0.546. The molecule has 19 heavy (non-hydrogen) atoms. The van der Waals surface area contributed by atoms with Gasteiger partial charge in [0.05, 0.1) is 0 Å². The first kappa shape index (κ1) is 13.1. The zero-order valence-electron chi connectivity index (χ0n) is 10.4. The molecule has 0 atom stereocenters. The molecule has 0 aliphatic carbocycles. The highest BCUT2D eigenvalue weighted by Crippen LogP contribution is 2.05. The van der Waals surface area contributed by atoms with Crippen molar-refractivity contribution < 1.29 is 9.23 Å². The molecule has 0 bridgehead atoms. The molecular weight excluding hydrogens is 243 g/mol. The lowest BCUT2D eigenvalue weighted by atomic mass is 10.1. The van der Waals surface area contributed by atoms with Gasteiger partial charge >= 0.3 is 0 Å². The maximum atomic E-state index is 12.7. The van der Waals surface area contributed by atoms with E-state index in [0.29, 0.717) is 12.3 Å². The molecule has 0 fully saturated rings. The summed E-state index contributed by atoms with van der Waals surface area (Å²) in [7, 11) is 0. The van der Waals surface area contributed by atoms with Crippen molar-refractivity contribution in [2.24, 2.45) is 10.9 Å². The maximum absolute atomic E-state index is 12.7. The third-order valence-corrected chi connectivity index (χ3v) is 2.55. The number of nitrogens with zero attached hydrogens (tertiary/aromatic N) is 1. The molecule has 98 valence electrons. The Labute approximate surface area is 111 Å². The second kappa shape index (κ2) is 6.54. The van der Waals surface area contributed by atoms with Crippen LogP contribution in [0.1, 0.15) is 11.1 Å². The predicted octanol–water partition coefficient (Wildman–Crippen LogP) is 2.86. The summed E-state index contributed by atoms with van der Waals surface area (Å²) >= 11 is 0. The Balaban J connectivity index is 1.83. The van der Waals surface area contributed by atoms with Crippen molar-refractivity contribution in [2.45, 2.75) is 13.0 Å². The van der Waals surface area contributed by atoms with Gasteiger partial charge in [-0.05, 0) is 23.3 Å². The minimum atomic E-state index is -0.268. The fraction of sp³-hybridized carbons (Fsp3) is 0.133. The number of oxime groups is 1. The van der Waals surface area contributed by atoms with Gasteiger partial charge < -0.3 is 10.6 Å². The van der Waals surface area contributed by atoms with Crippen LogP contribution in [-0.4, -0.2) is 5.84 Å². The average Bonchev–Trinajstić information content (AvgIpc) is 2.42. The number of hydrogen-bond donors (Lipinski definition) is 1. The van der Waals surface area contributed by atoms with E-state index in [1.54, 1.807) is 12.1 Å². The van der Waals surface area contributed by atoms with E-state index in [9.17, 15) is 4.39 Å². The van der Waals surface area contributed by atoms with E-state index >= 15 is 0 Å². The average molecular weight is 258 g/mol. The van der Waals surface area contributed by atoms with Crippen LogP contribution in [0, 0.1) is 5.82 Å². The van der Waals surface area contributed by atoms with Crippen molar-refractivity contribution in [3.63, 3.8) is 0 Å². The Morgan fingerprint density at radius 1 is 1.00 bits per heavy atom. The van der Waals surface area contributed by atoms with Gasteiger partial charge in [-0.1, -0.05) is 47.6 Å². The molecule has 0 aliphatic rings. The topological polar surface area (TPSA) is 47.6 Å². The lowest BCUT2D eigenvalue weighted by molar-refractivity contribution is 0.129. The zero-order valence-corrected chi connectivity index (χ0v) is 10.4. The van der Waals surface area contributed by atoms with Gasteiger partial charge in [-0.2, -0.15) is 0 Å². The fourth-order valence-corrected chi connectivity index (χ4v) is 1.61. The van der Waals surface area contributed by atoms with Crippen LogP contribution in [0.25, 0.3) is 0 Å². The van der Waals surface area contributed by atoms with E-state index in [2.05, 4.69) is 5.16 Å². The molecule has 0 aromatic heterocycles. The summed E-state index contributed by atoms with van der Waals surface area (Å²) in [5, 5.41) is 3.84. The number of amidine groups is 1. The predicted molar refractivity (Wildman–Crippen MR) is 73.0 cm³/mol. The van der Waals surface area contributed by atoms with Crippen LogP contribution >= 0.6 is 0 Å². The van der Waals surface area contributed by atoms with Crippen LogP contribution < -0.4 is 5.73 Å². The van der Waals surface area contributed by atoms with Gasteiger partial charge in [0.1, 0.15) is 18.3 Å². The zero-order chi connectivity index (χ0) is 13.5. The molecule has 2 rings (SSSR count). The Hall–Kier alpha value is -2.36. The molecule has 2 aromatic rings. The largest absolute Gasteiger partial charge is 0.390 e. The van der Waals surface area contributed by atoms with Gasteiger partial charge in [0.25, 0.3) is 0 Å². The second-order valence-corrected chi connectivity index (χ2v) is 4.14. The standard InChI is InChI=1S/C15H15FN2O/c16-14-8-6-13(7-9-14)11-19-18-15(17)10-12-4-2-1-3-5-12/h1-9H,10-11H2,(H2,17,18). The van der Waals surface area contributed by atoms with E-state index < -0.39 is 0 Å². The van der Waals surface area contributed by atoms with E-state index in [1.165, 1.54) is 12.1 Å². The maximum Gasteiger partial charge on any atom is 0.143 e. The summed E-state index contributed by atoms with van der Waals surface area (Å²) in [4.78, 5) is 5.13. The Bertz CT molecular complexity index is 538. The van der Waals surface area contributed by atoms with E-state index in [-0.39, 0.29) is 12.4 Å². The number of rotatable bonds is 5. The first-order chi connectivity index (χ1) is 9.24. The van der Waals surface area contributed by atoms with Crippen LogP contribution in [0.5, 0.6) is 0 Å². The lowest BCUT2D eigenvalue weighted by Crippen LogP contribution is -2.15. The molecule has 0 amide bonds. The minimum Gasteiger partial charge on any atom is -0.390 e. The van der Waals surface area contributed by atoms with Crippen molar-refractivity contribution in [1.82, 2.24) is 0 Å². The quantitative estimate of drug-likeness (QED) is 0.509. The summed E-state index contributed by atoms with van der Waals surface area (Å²) in [5.74, 6) is 0.143. The molecule has 2 aromatic carbocycles. The molecule has 0 spiro atoms. The lowest BCUT2D eigenvalue weighted by Gasteiger charge is -2.03. The Kier molecular flexibility index (Phi) is 4.50. The molecule has 2 N–H and O–H groups in total. The smallest absolute Gasteiger partial charge is 0.143 e. The summed E-state index contributed by atoms with van der Waals surface area (Å²) < 4.78 is 12.7.